The third-order valence-corrected chi connectivity index (χ3v) is 0.837. The van der Waals surface area contributed by atoms with Crippen molar-refractivity contribution in [3.8, 4) is 0 Å². The van der Waals surface area contributed by atoms with Crippen molar-refractivity contribution >= 4 is 12.4 Å². The molecule has 0 heterocycles. The van der Waals surface area contributed by atoms with Crippen molar-refractivity contribution in [2.75, 3.05) is 20.2 Å². The molecule has 0 saturated carbocycles. The van der Waals surface area contributed by atoms with Gasteiger partial charge >= 0.3 is 6.36 Å². The summed E-state index contributed by atoms with van der Waals surface area (Å²) in [6.45, 7) is 0.264. The molecule has 2 nitrogen and oxygen atoms in total. The minimum absolute atomic E-state index is 0. The topological polar surface area (TPSA) is 21.3 Å². The van der Waals surface area contributed by atoms with Crippen LogP contribution >= 0.6 is 12.4 Å². The molecule has 6 heteroatoms. The van der Waals surface area contributed by atoms with Gasteiger partial charge in [0, 0.05) is 0 Å². The molecule has 0 atom stereocenters. The van der Waals surface area contributed by atoms with E-state index in [1.54, 1.807) is 7.05 Å². The Morgan fingerprint density at radius 3 is 2.27 bits per heavy atom. The summed E-state index contributed by atoms with van der Waals surface area (Å²) in [5, 5.41) is 2.71. The molecule has 0 unspecified atom stereocenters. The molecule has 0 aliphatic carbocycles. The number of ether oxygens (including phenoxy) is 1. The van der Waals surface area contributed by atoms with E-state index >= 15 is 0 Å². The lowest BCUT2D eigenvalue weighted by molar-refractivity contribution is -0.324. The maximum absolute atomic E-state index is 11.2. The molecule has 0 aliphatic rings. The normalized spacial score (nSPS) is 10.9. The zero-order valence-corrected chi connectivity index (χ0v) is 6.89. The van der Waals surface area contributed by atoms with Gasteiger partial charge in [-0.05, 0) is 20.0 Å². The number of hydrogen-bond acceptors (Lipinski definition) is 2. The summed E-state index contributed by atoms with van der Waals surface area (Å²) in [6.07, 6.45) is -4.11. The SMILES string of the molecule is CNCCCOC(F)(F)F.Cl. The van der Waals surface area contributed by atoms with Gasteiger partial charge in [0.05, 0.1) is 6.61 Å². The average Bonchev–Trinajstić information content (AvgIpc) is 1.78. The summed E-state index contributed by atoms with van der Waals surface area (Å²) in [5.41, 5.74) is 0. The van der Waals surface area contributed by atoms with Crippen molar-refractivity contribution in [1.29, 1.82) is 0 Å². The standard InChI is InChI=1S/C5H10F3NO.ClH/c1-9-3-2-4-10-5(6,7)8;/h9H,2-4H2,1H3;1H. The largest absolute Gasteiger partial charge is 0.522 e. The van der Waals surface area contributed by atoms with Gasteiger partial charge in [-0.25, -0.2) is 0 Å². The number of hydrogen-bond donors (Lipinski definition) is 1. The molecule has 0 bridgehead atoms. The van der Waals surface area contributed by atoms with E-state index in [4.69, 9.17) is 0 Å². The molecule has 0 radical (unpaired) electrons. The second-order valence-electron chi connectivity index (χ2n) is 1.75. The minimum Gasteiger partial charge on any atom is -0.320 e. The van der Waals surface area contributed by atoms with E-state index < -0.39 is 6.36 Å². The molecular formula is C5H11ClF3NO. The van der Waals surface area contributed by atoms with Crippen LogP contribution in [-0.2, 0) is 4.74 Å². The van der Waals surface area contributed by atoms with Crippen LogP contribution in [-0.4, -0.2) is 26.6 Å². The average molecular weight is 194 g/mol. The molecule has 1 N–H and O–H groups in total. The van der Waals surface area contributed by atoms with Crippen molar-refractivity contribution < 1.29 is 17.9 Å². The van der Waals surface area contributed by atoms with E-state index in [0.717, 1.165) is 0 Å². The first-order chi connectivity index (χ1) is 4.56. The zero-order valence-electron chi connectivity index (χ0n) is 6.07. The van der Waals surface area contributed by atoms with Crippen LogP contribution in [0.2, 0.25) is 0 Å². The first-order valence-electron chi connectivity index (χ1n) is 2.91. The third kappa shape index (κ3) is 13.1. The first-order valence-corrected chi connectivity index (χ1v) is 2.91. The van der Waals surface area contributed by atoms with E-state index in [9.17, 15) is 13.2 Å². The maximum Gasteiger partial charge on any atom is 0.522 e. The molecule has 0 rings (SSSR count). The highest BCUT2D eigenvalue weighted by molar-refractivity contribution is 5.85. The minimum atomic E-state index is -4.48. The summed E-state index contributed by atoms with van der Waals surface area (Å²) in [5.74, 6) is 0. The molecule has 0 fully saturated rings. The van der Waals surface area contributed by atoms with Crippen molar-refractivity contribution in [1.82, 2.24) is 5.32 Å². The Bertz CT molecular complexity index is 88.3. The van der Waals surface area contributed by atoms with Crippen molar-refractivity contribution in [3.05, 3.63) is 0 Å². The van der Waals surface area contributed by atoms with E-state index in [2.05, 4.69) is 10.1 Å². The fraction of sp³-hybridized carbons (Fsp3) is 1.00. The molecule has 0 aromatic heterocycles. The van der Waals surface area contributed by atoms with Gasteiger partial charge < -0.3 is 5.32 Å². The molecule has 0 saturated heterocycles. The van der Waals surface area contributed by atoms with Gasteiger partial charge in [0.15, 0.2) is 0 Å². The summed E-state index contributed by atoms with van der Waals surface area (Å²) in [4.78, 5) is 0. The van der Waals surface area contributed by atoms with E-state index in [1.165, 1.54) is 0 Å². The lowest BCUT2D eigenvalue weighted by Crippen LogP contribution is -2.17. The van der Waals surface area contributed by atoms with Crippen molar-refractivity contribution in [2.45, 2.75) is 12.8 Å². The fourth-order valence-electron chi connectivity index (χ4n) is 0.437. The van der Waals surface area contributed by atoms with E-state index in [1.807, 2.05) is 0 Å². The Labute approximate surface area is 69.5 Å². The first kappa shape index (κ1) is 13.6. The Morgan fingerprint density at radius 1 is 1.36 bits per heavy atom. The lowest BCUT2D eigenvalue weighted by atomic mass is 10.5. The number of alkyl halides is 3. The Balaban J connectivity index is 0. The molecule has 0 aromatic rings. The maximum atomic E-state index is 11.2. The van der Waals surface area contributed by atoms with E-state index in [-0.39, 0.29) is 19.0 Å². The van der Waals surface area contributed by atoms with Crippen LogP contribution in [0.1, 0.15) is 6.42 Å². The molecule has 0 spiro atoms. The number of rotatable bonds is 4. The van der Waals surface area contributed by atoms with Gasteiger partial charge in [-0.3, -0.25) is 4.74 Å². The van der Waals surface area contributed by atoms with Crippen LogP contribution in [0.4, 0.5) is 13.2 Å². The van der Waals surface area contributed by atoms with Crippen LogP contribution in [0.3, 0.4) is 0 Å². The fourth-order valence-corrected chi connectivity index (χ4v) is 0.437. The predicted molar refractivity (Wildman–Crippen MR) is 37.8 cm³/mol. The summed E-state index contributed by atoms with van der Waals surface area (Å²) in [6, 6.07) is 0. The quantitative estimate of drug-likeness (QED) is 0.685. The van der Waals surface area contributed by atoms with Gasteiger partial charge in [0.25, 0.3) is 0 Å². The van der Waals surface area contributed by atoms with Crippen LogP contribution in [0.15, 0.2) is 0 Å². The zero-order chi connectivity index (χ0) is 8.04. The Kier molecular flexibility index (Phi) is 8.26. The highest BCUT2D eigenvalue weighted by Gasteiger charge is 2.28. The van der Waals surface area contributed by atoms with Crippen LogP contribution in [0.5, 0.6) is 0 Å². The molecule has 0 amide bonds. The second kappa shape index (κ2) is 6.69. The lowest BCUT2D eigenvalue weighted by Gasteiger charge is -2.05. The van der Waals surface area contributed by atoms with Crippen LogP contribution in [0, 0.1) is 0 Å². The van der Waals surface area contributed by atoms with Crippen LogP contribution < -0.4 is 5.32 Å². The highest BCUT2D eigenvalue weighted by atomic mass is 35.5. The summed E-state index contributed by atoms with van der Waals surface area (Å²) < 4.78 is 37.2. The molecule has 0 aliphatic heterocycles. The van der Waals surface area contributed by atoms with Gasteiger partial charge in [-0.2, -0.15) is 0 Å². The van der Waals surface area contributed by atoms with Gasteiger partial charge in [-0.1, -0.05) is 0 Å². The van der Waals surface area contributed by atoms with Crippen molar-refractivity contribution in [2.24, 2.45) is 0 Å². The summed E-state index contributed by atoms with van der Waals surface area (Å²) >= 11 is 0. The van der Waals surface area contributed by atoms with E-state index in [0.29, 0.717) is 13.0 Å². The predicted octanol–water partition coefficient (Wildman–Crippen LogP) is 1.55. The second-order valence-corrected chi connectivity index (χ2v) is 1.75. The molecular weight excluding hydrogens is 183 g/mol. The molecule has 0 aromatic carbocycles. The number of nitrogens with one attached hydrogen (secondary N) is 1. The highest BCUT2D eigenvalue weighted by Crippen LogP contribution is 2.15. The van der Waals surface area contributed by atoms with Crippen molar-refractivity contribution in [3.63, 3.8) is 0 Å². The number of halogens is 4. The van der Waals surface area contributed by atoms with Gasteiger partial charge in [0.1, 0.15) is 0 Å². The van der Waals surface area contributed by atoms with Gasteiger partial charge in [-0.15, -0.1) is 25.6 Å². The van der Waals surface area contributed by atoms with Gasteiger partial charge in [0.2, 0.25) is 0 Å². The molecule has 11 heavy (non-hydrogen) atoms. The Morgan fingerprint density at radius 2 is 1.91 bits per heavy atom. The Hall–Kier alpha value is -0.0000000000000000555. The molecule has 70 valence electrons. The summed E-state index contributed by atoms with van der Waals surface area (Å²) in [7, 11) is 1.67. The smallest absolute Gasteiger partial charge is 0.320 e. The monoisotopic (exact) mass is 193 g/mol. The van der Waals surface area contributed by atoms with Crippen LogP contribution in [0.25, 0.3) is 0 Å². The third-order valence-electron chi connectivity index (χ3n) is 0.837.